The second kappa shape index (κ2) is 6.59. The maximum Gasteiger partial charge on any atom is 0.255 e. The molecule has 5 rings (SSSR count). The zero-order chi connectivity index (χ0) is 21.0. The summed E-state index contributed by atoms with van der Waals surface area (Å²) in [5.41, 5.74) is 7.28. The zero-order valence-corrected chi connectivity index (χ0v) is 17.7. The van der Waals surface area contributed by atoms with E-state index in [1.54, 1.807) is 6.20 Å². The number of benzene rings is 2. The van der Waals surface area contributed by atoms with E-state index in [4.69, 9.17) is 0 Å². The Balaban J connectivity index is 1.44. The van der Waals surface area contributed by atoms with E-state index in [1.807, 2.05) is 28.8 Å². The molecule has 1 aliphatic heterocycles. The lowest BCUT2D eigenvalue weighted by atomic mass is 9.59. The number of rotatable bonds is 3. The van der Waals surface area contributed by atoms with Crippen LogP contribution in [0.15, 0.2) is 60.9 Å². The monoisotopic (exact) mass is 392 g/mol. The minimum atomic E-state index is -0.422. The largest absolute Gasteiger partial charge is 0.339 e. The van der Waals surface area contributed by atoms with Crippen LogP contribution in [0.25, 0.3) is 22.0 Å². The Kier molecular flexibility index (Phi) is 4.10. The summed E-state index contributed by atoms with van der Waals surface area (Å²) in [4.78, 5) is 19.3. The molecule has 1 aliphatic rings. The number of pyridine rings is 1. The minimum Gasteiger partial charge on any atom is -0.339 e. The number of carbonyl (C=O) groups excluding carboxylic acids is 1. The van der Waals surface area contributed by atoms with Gasteiger partial charge >= 0.3 is 0 Å². The number of amides is 1. The van der Waals surface area contributed by atoms with Gasteiger partial charge in [0.15, 0.2) is 0 Å². The molecule has 0 unspecified atom stereocenters. The van der Waals surface area contributed by atoms with Crippen LogP contribution < -0.4 is 0 Å². The molecule has 0 saturated carbocycles. The Bertz CT molecular complexity index is 1290. The van der Waals surface area contributed by atoms with Crippen molar-refractivity contribution in [2.45, 2.75) is 18.8 Å². The average molecular weight is 392 g/mol. The number of aromatic nitrogens is 3. The van der Waals surface area contributed by atoms with E-state index in [9.17, 15) is 4.79 Å². The fourth-order valence-corrected chi connectivity index (χ4v) is 4.50. The van der Waals surface area contributed by atoms with Gasteiger partial charge in [-0.3, -0.25) is 14.5 Å². The highest BCUT2D eigenvalue weighted by molar-refractivity contribution is 6.42. The number of hydrogen-bond donors (Lipinski definition) is 0. The predicted octanol–water partition coefficient (Wildman–Crippen LogP) is 1.98. The fraction of sp³-hybridized carbons (Fsp3) is 0.174. The third-order valence-corrected chi connectivity index (χ3v) is 6.22. The quantitative estimate of drug-likeness (QED) is 0.502. The van der Waals surface area contributed by atoms with Gasteiger partial charge in [-0.25, -0.2) is 0 Å². The number of fused-ring (bicyclic) bond motifs is 2. The van der Waals surface area contributed by atoms with Gasteiger partial charge in [-0.15, -0.1) is 0 Å². The van der Waals surface area contributed by atoms with Crippen LogP contribution in [-0.4, -0.2) is 41.3 Å². The second-order valence-electron chi connectivity index (χ2n) is 8.52. The van der Waals surface area contributed by atoms with E-state index < -0.39 is 5.34 Å². The molecule has 0 atom stereocenters. The molecule has 0 aliphatic carbocycles. The molecule has 7 heteroatoms. The minimum absolute atomic E-state index is 0.0463. The predicted molar refractivity (Wildman–Crippen MR) is 124 cm³/mol. The van der Waals surface area contributed by atoms with Gasteiger partial charge in [0.05, 0.1) is 16.8 Å². The van der Waals surface area contributed by atoms with Crippen molar-refractivity contribution >= 4 is 32.5 Å². The smallest absolute Gasteiger partial charge is 0.255 e. The zero-order valence-electron chi connectivity index (χ0n) is 17.7. The van der Waals surface area contributed by atoms with E-state index in [1.165, 1.54) is 22.1 Å². The number of nitrogens with zero attached hydrogens (tertiary/aromatic N) is 4. The average Bonchev–Trinajstić information content (AvgIpc) is 3.21. The topological polar surface area (TPSA) is 51.0 Å². The lowest BCUT2D eigenvalue weighted by Gasteiger charge is -2.32. The lowest BCUT2D eigenvalue weighted by Crippen LogP contribution is -2.44. The van der Waals surface area contributed by atoms with E-state index in [2.05, 4.69) is 75.3 Å². The Hall–Kier alpha value is -3.34. The van der Waals surface area contributed by atoms with Crippen LogP contribution in [0.5, 0.6) is 0 Å². The normalized spacial score (nSPS) is 15.0. The van der Waals surface area contributed by atoms with E-state index in [0.29, 0.717) is 12.1 Å². The van der Waals surface area contributed by atoms with Crippen molar-refractivity contribution < 1.29 is 4.79 Å². The Morgan fingerprint density at radius 1 is 1.03 bits per heavy atom. The van der Waals surface area contributed by atoms with Gasteiger partial charge in [0.1, 0.15) is 15.7 Å². The van der Waals surface area contributed by atoms with Gasteiger partial charge in [-0.1, -0.05) is 30.3 Å². The van der Waals surface area contributed by atoms with E-state index >= 15 is 0 Å². The second-order valence-corrected chi connectivity index (χ2v) is 8.52. The lowest BCUT2D eigenvalue weighted by molar-refractivity contribution is 0.0731. The number of aryl methyl sites for hydroxylation is 2. The van der Waals surface area contributed by atoms with Gasteiger partial charge in [0, 0.05) is 36.7 Å². The molecule has 4 aromatic rings. The standard InChI is InChI=1S/C23H22B2N4O/c1-14-17(9-10-20-19(14)13-28(2)27-20)16-7-5-15(6-8-16)12-29-22(30)18-4-3-11-26-21(18)23(29,24)25/h3-11,13H,12,24-25H2,1-2H3. The van der Waals surface area contributed by atoms with Gasteiger partial charge in [-0.2, -0.15) is 5.10 Å². The van der Waals surface area contributed by atoms with Crippen LogP contribution in [0.4, 0.5) is 0 Å². The van der Waals surface area contributed by atoms with E-state index in [0.717, 1.165) is 16.8 Å². The van der Waals surface area contributed by atoms with Gasteiger partial charge in [-0.05, 0) is 47.4 Å². The molecule has 0 radical (unpaired) electrons. The van der Waals surface area contributed by atoms with Crippen LogP contribution >= 0.6 is 0 Å². The molecule has 0 spiro atoms. The van der Waals surface area contributed by atoms with Crippen LogP contribution in [0.3, 0.4) is 0 Å². The summed E-state index contributed by atoms with van der Waals surface area (Å²) in [6.45, 7) is 2.70. The van der Waals surface area contributed by atoms with Crippen molar-refractivity contribution in [3.8, 4) is 11.1 Å². The molecule has 30 heavy (non-hydrogen) atoms. The Morgan fingerprint density at radius 2 is 1.80 bits per heavy atom. The summed E-state index contributed by atoms with van der Waals surface area (Å²) < 4.78 is 1.85. The summed E-state index contributed by atoms with van der Waals surface area (Å²) in [5.74, 6) is 0.0463. The molecular formula is C23H22B2N4O. The van der Waals surface area contributed by atoms with Crippen LogP contribution in [0, 0.1) is 6.92 Å². The molecule has 146 valence electrons. The third-order valence-electron chi connectivity index (χ3n) is 6.22. The third kappa shape index (κ3) is 2.76. The van der Waals surface area contributed by atoms with Crippen molar-refractivity contribution in [1.82, 2.24) is 19.7 Å². The molecule has 1 amide bonds. The highest BCUT2D eigenvalue weighted by Crippen LogP contribution is 2.35. The first-order chi connectivity index (χ1) is 14.4. The Labute approximate surface area is 177 Å². The molecule has 0 N–H and O–H groups in total. The summed E-state index contributed by atoms with van der Waals surface area (Å²) in [6.07, 6.45) is 3.82. The Morgan fingerprint density at radius 3 is 2.53 bits per heavy atom. The molecule has 0 saturated heterocycles. The summed E-state index contributed by atoms with van der Waals surface area (Å²) in [5, 5.41) is 5.24. The first-order valence-electron chi connectivity index (χ1n) is 10.2. The van der Waals surface area contributed by atoms with Crippen LogP contribution in [0.2, 0.25) is 0 Å². The molecule has 3 heterocycles. The van der Waals surface area contributed by atoms with Crippen LogP contribution in [-0.2, 0) is 18.9 Å². The highest BCUT2D eigenvalue weighted by atomic mass is 16.2. The molecule has 0 fully saturated rings. The fourth-order valence-electron chi connectivity index (χ4n) is 4.50. The number of carbonyl (C=O) groups is 1. The maximum atomic E-state index is 13.0. The van der Waals surface area contributed by atoms with Crippen molar-refractivity contribution in [1.29, 1.82) is 0 Å². The first-order valence-corrected chi connectivity index (χ1v) is 10.2. The summed E-state index contributed by atoms with van der Waals surface area (Å²) >= 11 is 0. The SMILES string of the molecule is BC1(B)c2ncccc2C(=O)N1Cc1ccc(-c2ccc3nn(C)cc3c2C)cc1. The van der Waals surface area contributed by atoms with E-state index in [-0.39, 0.29) is 5.91 Å². The molecular weight excluding hydrogens is 370 g/mol. The maximum absolute atomic E-state index is 13.0. The molecule has 0 bridgehead atoms. The molecule has 2 aromatic carbocycles. The van der Waals surface area contributed by atoms with Gasteiger partial charge in [0.25, 0.3) is 5.91 Å². The van der Waals surface area contributed by atoms with Crippen molar-refractivity contribution in [2.24, 2.45) is 7.05 Å². The summed E-state index contributed by atoms with van der Waals surface area (Å²) in [6, 6.07) is 16.4. The summed E-state index contributed by atoms with van der Waals surface area (Å²) in [7, 11) is 6.07. The van der Waals surface area contributed by atoms with Gasteiger partial charge < -0.3 is 4.90 Å². The number of hydrogen-bond acceptors (Lipinski definition) is 3. The van der Waals surface area contributed by atoms with Gasteiger partial charge in [0.2, 0.25) is 0 Å². The molecule has 2 aromatic heterocycles. The van der Waals surface area contributed by atoms with Crippen LogP contribution in [0.1, 0.15) is 27.2 Å². The highest BCUT2D eigenvalue weighted by Gasteiger charge is 2.43. The van der Waals surface area contributed by atoms with Crippen molar-refractivity contribution in [3.63, 3.8) is 0 Å². The molecule has 5 nitrogen and oxygen atoms in total. The van der Waals surface area contributed by atoms with Crippen molar-refractivity contribution in [2.75, 3.05) is 0 Å². The first kappa shape index (κ1) is 18.7. The van der Waals surface area contributed by atoms with Crippen molar-refractivity contribution in [3.05, 3.63) is 83.3 Å².